The molecule has 0 aliphatic rings. The molecule has 0 fully saturated rings. The van der Waals surface area contributed by atoms with Crippen LogP contribution in [0, 0.1) is 18.2 Å². The zero-order chi connectivity index (χ0) is 12.7. The molecule has 2 nitrogen and oxygen atoms in total. The van der Waals surface area contributed by atoms with Crippen LogP contribution in [0.2, 0.25) is 0 Å². The van der Waals surface area contributed by atoms with E-state index in [0.717, 1.165) is 12.0 Å². The van der Waals surface area contributed by atoms with Gasteiger partial charge in [0.05, 0.1) is 6.61 Å². The summed E-state index contributed by atoms with van der Waals surface area (Å²) in [4.78, 5) is 0. The van der Waals surface area contributed by atoms with Crippen molar-refractivity contribution in [1.82, 2.24) is 0 Å². The topological polar surface area (TPSA) is 35.2 Å². The lowest BCUT2D eigenvalue weighted by Crippen LogP contribution is -2.17. The van der Waals surface area contributed by atoms with E-state index in [1.54, 1.807) is 0 Å². The summed E-state index contributed by atoms with van der Waals surface area (Å²) in [6.45, 7) is 2.39. The molecule has 3 heteroatoms. The van der Waals surface area contributed by atoms with Gasteiger partial charge >= 0.3 is 0 Å². The maximum absolute atomic E-state index is 13.3. The van der Waals surface area contributed by atoms with E-state index in [1.807, 2.05) is 13.0 Å². The third-order valence-electron chi connectivity index (χ3n) is 2.22. The number of halogens is 1. The van der Waals surface area contributed by atoms with Gasteiger partial charge < -0.3 is 10.5 Å². The first kappa shape index (κ1) is 13.5. The molecule has 0 radical (unpaired) electrons. The fraction of sp³-hybridized carbons (Fsp3) is 0.429. The molecule has 0 amide bonds. The minimum absolute atomic E-state index is 0.00564. The number of benzene rings is 1. The zero-order valence-corrected chi connectivity index (χ0v) is 10.1. The van der Waals surface area contributed by atoms with Crippen molar-refractivity contribution >= 4 is 0 Å². The van der Waals surface area contributed by atoms with Gasteiger partial charge in [-0.3, -0.25) is 0 Å². The highest BCUT2D eigenvalue weighted by Gasteiger charge is 2.04. The van der Waals surface area contributed by atoms with Crippen LogP contribution >= 0.6 is 0 Å². The van der Waals surface area contributed by atoms with Gasteiger partial charge in [-0.1, -0.05) is 0 Å². The Bertz CT molecular complexity index is 396. The first-order chi connectivity index (χ1) is 8.11. The Kier molecular flexibility index (Phi) is 5.51. The van der Waals surface area contributed by atoms with Crippen molar-refractivity contribution in [1.29, 1.82) is 0 Å². The Labute approximate surface area is 102 Å². The predicted octanol–water partition coefficient (Wildman–Crippen LogP) is 2.51. The molecule has 1 aromatic carbocycles. The minimum Gasteiger partial charge on any atom is -0.493 e. The van der Waals surface area contributed by atoms with Crippen LogP contribution in [-0.2, 0) is 6.42 Å². The minimum atomic E-state index is -0.296. The summed E-state index contributed by atoms with van der Waals surface area (Å²) < 4.78 is 18.7. The highest BCUT2D eigenvalue weighted by Crippen LogP contribution is 2.17. The summed E-state index contributed by atoms with van der Waals surface area (Å²) in [7, 11) is 0. The molecule has 0 saturated heterocycles. The average molecular weight is 235 g/mol. The van der Waals surface area contributed by atoms with Crippen LogP contribution < -0.4 is 10.5 Å². The van der Waals surface area contributed by atoms with Crippen molar-refractivity contribution in [3.63, 3.8) is 0 Å². The van der Waals surface area contributed by atoms with Gasteiger partial charge in [-0.05, 0) is 37.5 Å². The molecule has 0 spiro atoms. The molecule has 1 rings (SSSR count). The molecular formula is C14H18FNO. The van der Waals surface area contributed by atoms with Crippen molar-refractivity contribution in [2.45, 2.75) is 32.2 Å². The highest BCUT2D eigenvalue weighted by molar-refractivity contribution is 5.30. The van der Waals surface area contributed by atoms with Gasteiger partial charge in [0.15, 0.2) is 0 Å². The number of hydrogen-bond acceptors (Lipinski definition) is 2. The molecule has 0 aliphatic heterocycles. The Hall–Kier alpha value is -1.53. The van der Waals surface area contributed by atoms with Crippen molar-refractivity contribution < 1.29 is 9.13 Å². The third kappa shape index (κ3) is 5.37. The van der Waals surface area contributed by atoms with E-state index in [4.69, 9.17) is 16.9 Å². The van der Waals surface area contributed by atoms with Gasteiger partial charge in [0.1, 0.15) is 11.6 Å². The van der Waals surface area contributed by atoms with E-state index in [-0.39, 0.29) is 11.9 Å². The Balaban J connectivity index is 2.59. The van der Waals surface area contributed by atoms with Crippen LogP contribution in [0.1, 0.15) is 25.3 Å². The van der Waals surface area contributed by atoms with Crippen LogP contribution in [0.25, 0.3) is 0 Å². The molecule has 1 atom stereocenters. The molecule has 92 valence electrons. The van der Waals surface area contributed by atoms with Gasteiger partial charge in [0, 0.05) is 18.5 Å². The second-order valence-corrected chi connectivity index (χ2v) is 4.13. The lowest BCUT2D eigenvalue weighted by Gasteiger charge is -2.09. The summed E-state index contributed by atoms with van der Waals surface area (Å²) in [6, 6.07) is 4.69. The van der Waals surface area contributed by atoms with Gasteiger partial charge in [-0.2, -0.15) is 0 Å². The largest absolute Gasteiger partial charge is 0.493 e. The number of ether oxygens (including phenoxy) is 1. The van der Waals surface area contributed by atoms with E-state index >= 15 is 0 Å². The van der Waals surface area contributed by atoms with E-state index in [9.17, 15) is 4.39 Å². The first-order valence-electron chi connectivity index (χ1n) is 5.73. The van der Waals surface area contributed by atoms with Crippen LogP contribution in [0.4, 0.5) is 4.39 Å². The highest BCUT2D eigenvalue weighted by atomic mass is 19.1. The summed E-state index contributed by atoms with van der Waals surface area (Å²) >= 11 is 0. The smallest absolute Gasteiger partial charge is 0.127 e. The van der Waals surface area contributed by atoms with Gasteiger partial charge in [0.2, 0.25) is 0 Å². The first-order valence-corrected chi connectivity index (χ1v) is 5.73. The maximum Gasteiger partial charge on any atom is 0.127 e. The predicted molar refractivity (Wildman–Crippen MR) is 67.3 cm³/mol. The molecule has 2 N–H and O–H groups in total. The molecule has 0 bridgehead atoms. The van der Waals surface area contributed by atoms with Crippen LogP contribution in [0.3, 0.4) is 0 Å². The van der Waals surface area contributed by atoms with E-state index in [0.29, 0.717) is 25.2 Å². The Morgan fingerprint density at radius 3 is 2.88 bits per heavy atom. The fourth-order valence-electron chi connectivity index (χ4n) is 1.56. The van der Waals surface area contributed by atoms with Crippen molar-refractivity contribution in [2.24, 2.45) is 5.73 Å². The lowest BCUT2D eigenvalue weighted by atomic mass is 10.1. The van der Waals surface area contributed by atoms with Gasteiger partial charge in [0.25, 0.3) is 0 Å². The number of hydrogen-bond donors (Lipinski definition) is 1. The summed E-state index contributed by atoms with van der Waals surface area (Å²) in [5.74, 6) is 2.78. The quantitative estimate of drug-likeness (QED) is 0.607. The Morgan fingerprint density at radius 2 is 2.24 bits per heavy atom. The summed E-state index contributed by atoms with van der Waals surface area (Å²) in [6.07, 6.45) is 7.21. The standard InChI is InChI=1S/C14H18FNO/c1-3-4-5-6-17-14-9-12(7-11(2)16)8-13(15)10-14/h1,8-11H,4-7,16H2,2H3. The summed E-state index contributed by atoms with van der Waals surface area (Å²) in [5.41, 5.74) is 6.53. The van der Waals surface area contributed by atoms with E-state index in [1.165, 1.54) is 12.1 Å². The monoisotopic (exact) mass is 235 g/mol. The van der Waals surface area contributed by atoms with Crippen molar-refractivity contribution in [3.05, 3.63) is 29.6 Å². The van der Waals surface area contributed by atoms with Crippen LogP contribution in [0.15, 0.2) is 18.2 Å². The summed E-state index contributed by atoms with van der Waals surface area (Å²) in [5, 5.41) is 0. The zero-order valence-electron chi connectivity index (χ0n) is 10.1. The normalized spacial score (nSPS) is 11.9. The van der Waals surface area contributed by atoms with Crippen LogP contribution in [-0.4, -0.2) is 12.6 Å². The van der Waals surface area contributed by atoms with Crippen molar-refractivity contribution in [2.75, 3.05) is 6.61 Å². The molecule has 0 heterocycles. The molecule has 0 aliphatic carbocycles. The van der Waals surface area contributed by atoms with E-state index in [2.05, 4.69) is 5.92 Å². The second-order valence-electron chi connectivity index (χ2n) is 4.13. The van der Waals surface area contributed by atoms with Gasteiger partial charge in [-0.25, -0.2) is 4.39 Å². The third-order valence-corrected chi connectivity index (χ3v) is 2.22. The molecule has 0 saturated carbocycles. The molecule has 1 unspecified atom stereocenters. The fourth-order valence-corrected chi connectivity index (χ4v) is 1.56. The van der Waals surface area contributed by atoms with E-state index < -0.39 is 0 Å². The average Bonchev–Trinajstić information content (AvgIpc) is 2.22. The number of unbranched alkanes of at least 4 members (excludes halogenated alkanes) is 1. The molecule has 1 aromatic rings. The molecule has 0 aromatic heterocycles. The number of terminal acetylenes is 1. The SMILES string of the molecule is C#CCCCOc1cc(F)cc(CC(C)N)c1. The van der Waals surface area contributed by atoms with Crippen LogP contribution in [0.5, 0.6) is 5.75 Å². The van der Waals surface area contributed by atoms with Gasteiger partial charge in [-0.15, -0.1) is 12.3 Å². The maximum atomic E-state index is 13.3. The molecular weight excluding hydrogens is 217 g/mol. The lowest BCUT2D eigenvalue weighted by molar-refractivity contribution is 0.311. The second kappa shape index (κ2) is 6.93. The molecule has 17 heavy (non-hydrogen) atoms. The van der Waals surface area contributed by atoms with Crippen molar-refractivity contribution in [3.8, 4) is 18.1 Å². The number of rotatable bonds is 6. The number of nitrogens with two attached hydrogens (primary N) is 1. The Morgan fingerprint density at radius 1 is 1.47 bits per heavy atom.